The highest BCUT2D eigenvalue weighted by Crippen LogP contribution is 2.32. The number of carbonyl (C=O) groups excluding carboxylic acids is 1. The SMILES string of the molecule is CSc1ccc(Nc2c(C(=O)NOC[C@@H](O)CO)c3cccnc3n2C)c(C)c1. The number of hydrogen-bond donors (Lipinski definition) is 4. The Morgan fingerprint density at radius 3 is 2.86 bits per heavy atom. The number of amides is 1. The lowest BCUT2D eigenvalue weighted by Gasteiger charge is -2.14. The molecule has 2 aromatic heterocycles. The first kappa shape index (κ1) is 21.1. The second-order valence-electron chi connectivity index (χ2n) is 6.54. The van der Waals surface area contributed by atoms with Crippen molar-refractivity contribution in [3.8, 4) is 0 Å². The third-order valence-electron chi connectivity index (χ3n) is 4.51. The Morgan fingerprint density at radius 1 is 1.38 bits per heavy atom. The molecule has 3 aromatic rings. The maximum atomic E-state index is 12.9. The van der Waals surface area contributed by atoms with Gasteiger partial charge in [0.25, 0.3) is 5.91 Å². The van der Waals surface area contributed by atoms with Crippen LogP contribution in [0, 0.1) is 6.92 Å². The van der Waals surface area contributed by atoms with Gasteiger partial charge in [-0.2, -0.15) is 0 Å². The fourth-order valence-electron chi connectivity index (χ4n) is 2.97. The van der Waals surface area contributed by atoms with Gasteiger partial charge in [-0.1, -0.05) is 0 Å². The number of hydrogen-bond acceptors (Lipinski definition) is 7. The Hall–Kier alpha value is -2.59. The van der Waals surface area contributed by atoms with E-state index in [1.165, 1.54) is 0 Å². The van der Waals surface area contributed by atoms with Crippen LogP contribution in [0.25, 0.3) is 11.0 Å². The summed E-state index contributed by atoms with van der Waals surface area (Å²) in [4.78, 5) is 23.5. The summed E-state index contributed by atoms with van der Waals surface area (Å²) in [6.45, 7) is 1.33. The van der Waals surface area contributed by atoms with Crippen LogP contribution in [0.4, 0.5) is 11.5 Å². The topological polar surface area (TPSA) is 109 Å². The molecule has 0 fully saturated rings. The van der Waals surface area contributed by atoms with Gasteiger partial charge in [-0.25, -0.2) is 10.5 Å². The minimum Gasteiger partial charge on any atom is -0.394 e. The highest BCUT2D eigenvalue weighted by Gasteiger charge is 2.23. The van der Waals surface area contributed by atoms with Crippen molar-refractivity contribution >= 4 is 40.2 Å². The van der Waals surface area contributed by atoms with Crippen LogP contribution in [0.15, 0.2) is 41.4 Å². The number of aliphatic hydroxyl groups excluding tert-OH is 2. The quantitative estimate of drug-likeness (QED) is 0.330. The molecule has 1 aromatic carbocycles. The number of thioether (sulfide) groups is 1. The molecule has 0 aliphatic rings. The van der Waals surface area contributed by atoms with Crippen LogP contribution in [0.1, 0.15) is 15.9 Å². The molecule has 0 spiro atoms. The van der Waals surface area contributed by atoms with Gasteiger partial charge < -0.3 is 20.1 Å². The first-order valence-corrected chi connectivity index (χ1v) is 10.2. The number of nitrogens with zero attached hydrogens (tertiary/aromatic N) is 2. The van der Waals surface area contributed by atoms with Crippen LogP contribution in [0.5, 0.6) is 0 Å². The molecule has 154 valence electrons. The average Bonchev–Trinajstić information content (AvgIpc) is 3.01. The number of fused-ring (bicyclic) bond motifs is 1. The minimum atomic E-state index is -1.07. The largest absolute Gasteiger partial charge is 0.394 e. The second kappa shape index (κ2) is 9.27. The van der Waals surface area contributed by atoms with Crippen molar-refractivity contribution < 1.29 is 19.8 Å². The predicted molar refractivity (Wildman–Crippen MR) is 113 cm³/mol. The summed E-state index contributed by atoms with van der Waals surface area (Å²) in [7, 11) is 1.83. The Labute approximate surface area is 172 Å². The zero-order valence-corrected chi connectivity index (χ0v) is 17.3. The maximum Gasteiger partial charge on any atom is 0.279 e. The molecule has 2 heterocycles. The van der Waals surface area contributed by atoms with Crippen molar-refractivity contribution in [3.05, 3.63) is 47.7 Å². The number of nitrogens with one attached hydrogen (secondary N) is 2. The van der Waals surface area contributed by atoms with Gasteiger partial charge in [0.2, 0.25) is 0 Å². The number of carbonyl (C=O) groups is 1. The molecule has 8 nitrogen and oxygen atoms in total. The number of aryl methyl sites for hydroxylation is 2. The lowest BCUT2D eigenvalue weighted by molar-refractivity contribution is -0.0294. The fourth-order valence-corrected chi connectivity index (χ4v) is 3.47. The van der Waals surface area contributed by atoms with Crippen LogP contribution in [0.2, 0.25) is 0 Å². The van der Waals surface area contributed by atoms with Gasteiger partial charge in [0.05, 0.1) is 12.2 Å². The Kier molecular flexibility index (Phi) is 6.75. The standard InChI is InChI=1S/C20H24N4O4S/c1-12-9-14(29-3)6-7-16(12)22-19-17(20(27)23-28-11-13(26)10-25)15-5-4-8-21-18(15)24(19)2/h4-9,13,22,25-26H,10-11H2,1-3H3,(H,23,27)/t13-/m0/s1. The van der Waals surface area contributed by atoms with Crippen LogP contribution >= 0.6 is 11.8 Å². The molecule has 29 heavy (non-hydrogen) atoms. The van der Waals surface area contributed by atoms with Crippen LogP contribution in [-0.4, -0.2) is 51.2 Å². The molecule has 0 radical (unpaired) electrons. The Bertz CT molecular complexity index is 1020. The number of anilines is 2. The molecule has 0 aliphatic heterocycles. The highest BCUT2D eigenvalue weighted by molar-refractivity contribution is 7.98. The van der Waals surface area contributed by atoms with E-state index in [9.17, 15) is 9.90 Å². The summed E-state index contributed by atoms with van der Waals surface area (Å²) in [5, 5.41) is 22.3. The van der Waals surface area contributed by atoms with Crippen molar-refractivity contribution in [2.75, 3.05) is 24.8 Å². The van der Waals surface area contributed by atoms with Crippen molar-refractivity contribution in [2.24, 2.45) is 7.05 Å². The van der Waals surface area contributed by atoms with Gasteiger partial charge in [0.1, 0.15) is 24.2 Å². The first-order chi connectivity index (χ1) is 14.0. The molecule has 0 aliphatic carbocycles. The van der Waals surface area contributed by atoms with E-state index in [-0.39, 0.29) is 6.61 Å². The molecule has 0 saturated carbocycles. The smallest absolute Gasteiger partial charge is 0.279 e. The molecule has 0 saturated heterocycles. The summed E-state index contributed by atoms with van der Waals surface area (Å²) in [6, 6.07) is 9.64. The monoisotopic (exact) mass is 416 g/mol. The number of pyridine rings is 1. The lowest BCUT2D eigenvalue weighted by atomic mass is 10.1. The third-order valence-corrected chi connectivity index (χ3v) is 5.24. The molecular weight excluding hydrogens is 392 g/mol. The molecule has 0 bridgehead atoms. The zero-order chi connectivity index (χ0) is 21.0. The molecular formula is C20H24N4O4S. The summed E-state index contributed by atoms with van der Waals surface area (Å²) >= 11 is 1.66. The summed E-state index contributed by atoms with van der Waals surface area (Å²) in [5.74, 6) is 0.0946. The van der Waals surface area contributed by atoms with Gasteiger partial charge in [-0.3, -0.25) is 9.63 Å². The number of benzene rings is 1. The molecule has 1 amide bonds. The van der Waals surface area contributed by atoms with E-state index in [4.69, 9.17) is 9.94 Å². The Balaban J connectivity index is 1.97. The second-order valence-corrected chi connectivity index (χ2v) is 7.42. The van der Waals surface area contributed by atoms with Crippen LogP contribution in [0.3, 0.4) is 0 Å². The van der Waals surface area contributed by atoms with E-state index in [0.717, 1.165) is 16.1 Å². The van der Waals surface area contributed by atoms with Gasteiger partial charge in [0.15, 0.2) is 0 Å². The van der Waals surface area contributed by atoms with Crippen LogP contribution in [-0.2, 0) is 11.9 Å². The normalized spacial score (nSPS) is 12.2. The zero-order valence-electron chi connectivity index (χ0n) is 16.5. The third kappa shape index (κ3) is 4.54. The van der Waals surface area contributed by atoms with Crippen molar-refractivity contribution in [2.45, 2.75) is 17.9 Å². The molecule has 3 rings (SSSR count). The molecule has 0 unspecified atom stereocenters. The van der Waals surface area contributed by atoms with Crippen molar-refractivity contribution in [1.82, 2.24) is 15.0 Å². The van der Waals surface area contributed by atoms with E-state index in [0.29, 0.717) is 22.4 Å². The van der Waals surface area contributed by atoms with E-state index < -0.39 is 18.6 Å². The maximum absolute atomic E-state index is 12.9. The van der Waals surface area contributed by atoms with Gasteiger partial charge in [0, 0.05) is 29.2 Å². The lowest BCUT2D eigenvalue weighted by Crippen LogP contribution is -2.30. The van der Waals surface area contributed by atoms with E-state index in [1.807, 2.05) is 43.0 Å². The van der Waals surface area contributed by atoms with Gasteiger partial charge in [-0.15, -0.1) is 11.8 Å². The Morgan fingerprint density at radius 2 is 2.17 bits per heavy atom. The minimum absolute atomic E-state index is 0.219. The van der Waals surface area contributed by atoms with Crippen molar-refractivity contribution in [1.29, 1.82) is 0 Å². The molecule has 1 atom stereocenters. The first-order valence-electron chi connectivity index (χ1n) is 9.02. The summed E-state index contributed by atoms with van der Waals surface area (Å²) in [5.41, 5.74) is 5.28. The summed E-state index contributed by atoms with van der Waals surface area (Å²) < 4.78 is 1.81. The van der Waals surface area contributed by atoms with Gasteiger partial charge in [-0.05, 0) is 49.1 Å². The van der Waals surface area contributed by atoms with E-state index in [1.54, 1.807) is 24.0 Å². The number of rotatable bonds is 8. The fraction of sp³-hybridized carbons (Fsp3) is 0.300. The van der Waals surface area contributed by atoms with Gasteiger partial charge >= 0.3 is 0 Å². The highest BCUT2D eigenvalue weighted by atomic mass is 32.2. The van der Waals surface area contributed by atoms with E-state index in [2.05, 4.69) is 21.8 Å². The van der Waals surface area contributed by atoms with Crippen LogP contribution < -0.4 is 10.8 Å². The number of aromatic nitrogens is 2. The average molecular weight is 417 g/mol. The predicted octanol–water partition coefficient (Wildman–Crippen LogP) is 2.36. The summed E-state index contributed by atoms with van der Waals surface area (Å²) in [6.07, 6.45) is 2.62. The number of aliphatic hydroxyl groups is 2. The van der Waals surface area contributed by atoms with Crippen molar-refractivity contribution in [3.63, 3.8) is 0 Å². The number of hydroxylamine groups is 1. The molecule has 9 heteroatoms. The molecule has 4 N–H and O–H groups in total. The van der Waals surface area contributed by atoms with E-state index >= 15 is 0 Å².